The van der Waals surface area contributed by atoms with Gasteiger partial charge in [0.2, 0.25) is 5.95 Å². The molecule has 3 aromatic rings. The lowest BCUT2D eigenvalue weighted by molar-refractivity contribution is -0.143. The maximum Gasteiger partial charge on any atom is 0.258 e. The maximum atomic E-state index is 12.5. The van der Waals surface area contributed by atoms with Gasteiger partial charge in [0.15, 0.2) is 5.60 Å². The van der Waals surface area contributed by atoms with Crippen LogP contribution in [-0.2, 0) is 15.1 Å². The third-order valence-electron chi connectivity index (χ3n) is 5.78. The Morgan fingerprint density at radius 3 is 2.97 bits per heavy atom. The highest BCUT2D eigenvalue weighted by atomic mass is 32.1. The number of aliphatic hydroxyl groups is 1. The summed E-state index contributed by atoms with van der Waals surface area (Å²) in [7, 11) is 1.71. The molecule has 1 aromatic carbocycles. The van der Waals surface area contributed by atoms with E-state index in [0.29, 0.717) is 31.1 Å². The Bertz CT molecular complexity index is 1110. The molecule has 9 heteroatoms. The Kier molecular flexibility index (Phi) is 5.17. The summed E-state index contributed by atoms with van der Waals surface area (Å²) >= 11 is 1.50. The second-order valence-corrected chi connectivity index (χ2v) is 8.78. The van der Waals surface area contributed by atoms with Crippen molar-refractivity contribution in [1.29, 1.82) is 0 Å². The highest BCUT2D eigenvalue weighted by Gasteiger charge is 2.45. The van der Waals surface area contributed by atoms with E-state index in [4.69, 9.17) is 9.72 Å². The number of hydrogen-bond acceptors (Lipinski definition) is 8. The molecule has 0 spiro atoms. The van der Waals surface area contributed by atoms with Crippen molar-refractivity contribution in [3.63, 3.8) is 0 Å². The van der Waals surface area contributed by atoms with Crippen molar-refractivity contribution < 1.29 is 14.6 Å². The average Bonchev–Trinajstić information content (AvgIpc) is 3.54. The summed E-state index contributed by atoms with van der Waals surface area (Å²) in [6.45, 7) is 1.95. The van der Waals surface area contributed by atoms with Crippen LogP contribution in [0.4, 0.5) is 5.95 Å². The number of nitrogens with one attached hydrogen (secondary N) is 1. The maximum absolute atomic E-state index is 12.5. The molecule has 0 aliphatic carbocycles. The van der Waals surface area contributed by atoms with Gasteiger partial charge in [0, 0.05) is 43.8 Å². The number of hydrogen-bond donors (Lipinski definition) is 2. The van der Waals surface area contributed by atoms with Gasteiger partial charge in [-0.1, -0.05) is 18.2 Å². The van der Waals surface area contributed by atoms with Gasteiger partial charge >= 0.3 is 0 Å². The summed E-state index contributed by atoms with van der Waals surface area (Å²) in [5.74, 6) is 0.300. The highest BCUT2D eigenvalue weighted by molar-refractivity contribution is 7.13. The molecule has 2 atom stereocenters. The summed E-state index contributed by atoms with van der Waals surface area (Å²) in [4.78, 5) is 27.7. The molecular formula is C22H23N5O3S. The summed E-state index contributed by atoms with van der Waals surface area (Å²) in [6.07, 6.45) is 3.05. The molecule has 0 bridgehead atoms. The first kappa shape index (κ1) is 20.0. The summed E-state index contributed by atoms with van der Waals surface area (Å²) in [5.41, 5.74) is 1.49. The number of thiazole rings is 1. The highest BCUT2D eigenvalue weighted by Crippen LogP contribution is 2.36. The Morgan fingerprint density at radius 1 is 1.29 bits per heavy atom. The van der Waals surface area contributed by atoms with E-state index < -0.39 is 5.60 Å². The Labute approximate surface area is 183 Å². The SMILES string of the molecule is CN1CC[C@@](O)(c2cccc(-c3nc(-c4ccnc(N[C@H]5CCOC5)n4)cs3)c2)C1=O. The van der Waals surface area contributed by atoms with Gasteiger partial charge in [-0.15, -0.1) is 11.3 Å². The largest absolute Gasteiger partial charge is 0.379 e. The van der Waals surface area contributed by atoms with E-state index >= 15 is 0 Å². The van der Waals surface area contributed by atoms with Gasteiger partial charge < -0.3 is 20.1 Å². The number of amides is 1. The van der Waals surface area contributed by atoms with Crippen molar-refractivity contribution in [2.24, 2.45) is 0 Å². The smallest absolute Gasteiger partial charge is 0.258 e. The number of likely N-dealkylation sites (tertiary alicyclic amines) is 1. The minimum absolute atomic E-state index is 0.229. The van der Waals surface area contributed by atoms with Crippen LogP contribution in [0.2, 0.25) is 0 Å². The van der Waals surface area contributed by atoms with Crippen molar-refractivity contribution in [2.45, 2.75) is 24.5 Å². The predicted octanol–water partition coefficient (Wildman–Crippen LogP) is 2.52. The fourth-order valence-electron chi connectivity index (χ4n) is 3.96. The molecule has 2 fully saturated rings. The van der Waals surface area contributed by atoms with E-state index in [2.05, 4.69) is 15.3 Å². The third-order valence-corrected chi connectivity index (χ3v) is 6.67. The van der Waals surface area contributed by atoms with Gasteiger partial charge in [-0.3, -0.25) is 4.79 Å². The van der Waals surface area contributed by atoms with Crippen LogP contribution in [0.15, 0.2) is 41.9 Å². The zero-order chi connectivity index (χ0) is 21.4. The third kappa shape index (κ3) is 3.80. The number of nitrogens with zero attached hydrogens (tertiary/aromatic N) is 4. The fourth-order valence-corrected chi connectivity index (χ4v) is 4.77. The molecule has 4 heterocycles. The summed E-state index contributed by atoms with van der Waals surface area (Å²) in [6, 6.07) is 9.50. The lowest BCUT2D eigenvalue weighted by Crippen LogP contribution is -2.36. The van der Waals surface area contributed by atoms with Crippen molar-refractivity contribution in [3.05, 3.63) is 47.5 Å². The molecular weight excluding hydrogens is 414 g/mol. The number of carbonyl (C=O) groups is 1. The summed E-state index contributed by atoms with van der Waals surface area (Å²) < 4.78 is 5.39. The van der Waals surface area contributed by atoms with Crippen LogP contribution >= 0.6 is 11.3 Å². The molecule has 2 saturated heterocycles. The minimum Gasteiger partial charge on any atom is -0.379 e. The van der Waals surface area contributed by atoms with Crippen LogP contribution in [0.25, 0.3) is 22.0 Å². The van der Waals surface area contributed by atoms with E-state index in [1.165, 1.54) is 11.3 Å². The van der Waals surface area contributed by atoms with E-state index in [9.17, 15) is 9.90 Å². The molecule has 2 N–H and O–H groups in total. The topological polar surface area (TPSA) is 100 Å². The molecule has 0 unspecified atom stereocenters. The second-order valence-electron chi connectivity index (χ2n) is 7.93. The minimum atomic E-state index is -1.47. The van der Waals surface area contributed by atoms with Crippen LogP contribution in [0.1, 0.15) is 18.4 Å². The Morgan fingerprint density at radius 2 is 2.19 bits per heavy atom. The van der Waals surface area contributed by atoms with E-state index in [0.717, 1.165) is 35.0 Å². The van der Waals surface area contributed by atoms with Crippen LogP contribution in [0.3, 0.4) is 0 Å². The van der Waals surface area contributed by atoms with Gasteiger partial charge in [-0.2, -0.15) is 0 Å². The number of aromatic nitrogens is 3. The van der Waals surface area contributed by atoms with Crippen LogP contribution in [0.5, 0.6) is 0 Å². The van der Waals surface area contributed by atoms with Gasteiger partial charge in [-0.25, -0.2) is 15.0 Å². The number of ether oxygens (including phenoxy) is 1. The molecule has 0 radical (unpaired) electrons. The first-order chi connectivity index (χ1) is 15.0. The molecule has 31 heavy (non-hydrogen) atoms. The lowest BCUT2D eigenvalue weighted by Gasteiger charge is -2.21. The Balaban J connectivity index is 1.40. The molecule has 1 amide bonds. The number of carbonyl (C=O) groups excluding carboxylic acids is 1. The van der Waals surface area contributed by atoms with Crippen LogP contribution < -0.4 is 5.32 Å². The summed E-state index contributed by atoms with van der Waals surface area (Å²) in [5, 5.41) is 17.0. The second kappa shape index (κ2) is 7.99. The number of likely N-dealkylation sites (N-methyl/N-ethyl adjacent to an activating group) is 1. The van der Waals surface area contributed by atoms with Crippen LogP contribution in [0, 0.1) is 0 Å². The first-order valence-corrected chi connectivity index (χ1v) is 11.1. The van der Waals surface area contributed by atoms with Crippen molar-refractivity contribution >= 4 is 23.2 Å². The van der Waals surface area contributed by atoms with E-state index in [-0.39, 0.29) is 11.9 Å². The van der Waals surface area contributed by atoms with E-state index in [1.54, 1.807) is 24.2 Å². The quantitative estimate of drug-likeness (QED) is 0.633. The van der Waals surface area contributed by atoms with Gasteiger partial charge in [-0.05, 0) is 24.1 Å². The number of anilines is 1. The van der Waals surface area contributed by atoms with Crippen molar-refractivity contribution in [3.8, 4) is 22.0 Å². The number of benzene rings is 1. The zero-order valence-corrected chi connectivity index (χ0v) is 17.9. The zero-order valence-electron chi connectivity index (χ0n) is 17.1. The van der Waals surface area contributed by atoms with Crippen molar-refractivity contribution in [1.82, 2.24) is 19.9 Å². The molecule has 0 saturated carbocycles. The lowest BCUT2D eigenvalue weighted by atomic mass is 9.91. The molecule has 2 aromatic heterocycles. The molecule has 2 aliphatic heterocycles. The van der Waals surface area contributed by atoms with Gasteiger partial charge in [0.05, 0.1) is 18.3 Å². The number of rotatable bonds is 5. The standard InChI is InChI=1S/C22H23N5O3S/c1-27-9-7-22(29,20(27)28)15-4-2-3-14(11-15)19-25-18(13-31-19)17-5-8-23-21(26-17)24-16-6-10-30-12-16/h2-5,8,11,13,16,29H,6-7,9-10,12H2,1H3,(H,23,24,26)/t16-,22+/m0/s1. The predicted molar refractivity (Wildman–Crippen MR) is 118 cm³/mol. The van der Waals surface area contributed by atoms with Crippen molar-refractivity contribution in [2.75, 3.05) is 32.1 Å². The van der Waals surface area contributed by atoms with Crippen LogP contribution in [-0.4, -0.2) is 63.7 Å². The van der Waals surface area contributed by atoms with E-state index in [1.807, 2.05) is 29.6 Å². The molecule has 160 valence electrons. The first-order valence-electron chi connectivity index (χ1n) is 10.2. The average molecular weight is 438 g/mol. The Hall–Kier alpha value is -2.88. The van der Waals surface area contributed by atoms with Gasteiger partial charge in [0.1, 0.15) is 10.7 Å². The fraction of sp³-hybridized carbons (Fsp3) is 0.364. The monoisotopic (exact) mass is 437 g/mol. The molecule has 2 aliphatic rings. The normalized spacial score (nSPS) is 23.5. The van der Waals surface area contributed by atoms with Gasteiger partial charge in [0.25, 0.3) is 5.91 Å². The molecule has 8 nitrogen and oxygen atoms in total. The molecule has 5 rings (SSSR count).